The fraction of sp³-hybridized carbons (Fsp3) is 0.650. The Balaban J connectivity index is 1.30. The van der Waals surface area contributed by atoms with Gasteiger partial charge in [0.15, 0.2) is 0 Å². The van der Waals surface area contributed by atoms with Gasteiger partial charge in [-0.2, -0.15) is 5.26 Å². The van der Waals surface area contributed by atoms with Crippen LogP contribution in [0, 0.1) is 34.5 Å². The molecular weight excluding hydrogens is 815 g/mol. The highest BCUT2D eigenvalue weighted by Gasteiger charge is 2.71. The highest BCUT2D eigenvalue weighted by Crippen LogP contribution is 2.51. The molecule has 20 heteroatoms. The number of alkyl carbamates (subject to hydrolysis) is 1. The third-order valence-corrected chi connectivity index (χ3v) is 14.8. The molecule has 1 aromatic carbocycles. The topological polar surface area (TPSA) is 208 Å². The molecule has 10 atom stereocenters. The van der Waals surface area contributed by atoms with Crippen LogP contribution in [0.1, 0.15) is 85.1 Å². The zero-order chi connectivity index (χ0) is 43.7. The van der Waals surface area contributed by atoms with Gasteiger partial charge < -0.3 is 25.4 Å². The van der Waals surface area contributed by atoms with Crippen LogP contribution in [0.4, 0.5) is 33.7 Å². The number of fused-ring (bicyclic) bond motifs is 5. The Kier molecular flexibility index (Phi) is 10.9. The average Bonchev–Trinajstić information content (AvgIpc) is 4.12. The first-order valence-corrected chi connectivity index (χ1v) is 21.6. The third-order valence-electron chi connectivity index (χ3n) is 12.7. The number of aliphatic imine (C=N–C) groups is 1. The Hall–Kier alpha value is -4.93. The summed E-state index contributed by atoms with van der Waals surface area (Å²) in [6.45, 7) is 6.84. The van der Waals surface area contributed by atoms with Gasteiger partial charge >= 0.3 is 6.09 Å². The summed E-state index contributed by atoms with van der Waals surface area (Å²) in [6.07, 6.45) is -4.19. The van der Waals surface area contributed by atoms with Crippen LogP contribution in [0.3, 0.4) is 0 Å². The summed E-state index contributed by atoms with van der Waals surface area (Å²) in [5.74, 6) is -11.7. The summed E-state index contributed by atoms with van der Waals surface area (Å²) in [6, 6.07) is 3.61. The number of nitrogens with zero attached hydrogens (tertiary/aromatic N) is 3. The minimum atomic E-state index is -4.40. The Morgan fingerprint density at radius 2 is 1.85 bits per heavy atom. The van der Waals surface area contributed by atoms with E-state index in [4.69, 9.17) is 9.47 Å². The van der Waals surface area contributed by atoms with E-state index in [0.717, 1.165) is 0 Å². The highest BCUT2D eigenvalue weighted by molar-refractivity contribution is 7.91. The third kappa shape index (κ3) is 7.77. The van der Waals surface area contributed by atoms with Crippen molar-refractivity contribution < 1.29 is 54.6 Å². The second-order valence-corrected chi connectivity index (χ2v) is 20.2. The number of hydrogen-bond acceptors (Lipinski definition) is 11. The molecule has 1 aromatic rings. The molecule has 4 fully saturated rings. The summed E-state index contributed by atoms with van der Waals surface area (Å²) in [4.78, 5) is 61.4. The largest absolute Gasteiger partial charge is 0.473 e. The molecule has 2 unspecified atom stereocenters. The standard InChI is InChI=1S/C40H49F4N7O8S/c1-6-22-28-19-51(40(22,44)35(54)49-39(17-23(39)31(42)43)34(53)50-60(56,57)38(5)13-14-38)33(52)30(37(2,3)4)48-36(55)59-27-16-21(27)9-7-8-10-24(41)29-32(58-28)47-26-15-20(18-45)11-12-25(26)46-29/h8,10-12,15,21-24,27-31,46H,6-7,9,13-14,16-17,19H2,1-5H3,(H,48,55)(H,49,54)(H,50,53)/b10-8+/t21-,22+,23+,24?,27-,28+,29?,30-,39-,40-/m1/s1. The number of carbonyl (C=O) groups excluding carboxylic acids is 4. The molecule has 4 amide bonds. The number of hydrogen-bond donors (Lipinski definition) is 4. The number of sulfonamides is 1. The SMILES string of the molecule is CC[C@H]1[C@@H]2CN(C(=O)[C@H](C(C)(C)C)NC(=O)O[C@@H]3C[C@H]3CC/C=C/C(F)C3Nc4ccc(C#N)cc4N=C3O2)[C@@]1(F)C(=O)N[C@]1(C(=O)NS(=O)(=O)C2(C)CC2)C[C@H]1C(F)F. The monoisotopic (exact) mass is 863 g/mol. The van der Waals surface area contributed by atoms with Crippen LogP contribution >= 0.6 is 0 Å². The number of nitrogens with one attached hydrogen (secondary N) is 4. The molecule has 326 valence electrons. The van der Waals surface area contributed by atoms with Gasteiger partial charge in [-0.1, -0.05) is 39.8 Å². The van der Waals surface area contributed by atoms with Crippen LogP contribution < -0.4 is 20.7 Å². The van der Waals surface area contributed by atoms with E-state index in [1.54, 1.807) is 32.9 Å². The zero-order valence-electron chi connectivity index (χ0n) is 33.8. The van der Waals surface area contributed by atoms with Crippen molar-refractivity contribution in [3.8, 4) is 6.07 Å². The fourth-order valence-corrected chi connectivity index (χ4v) is 9.63. The molecule has 0 aromatic heterocycles. The van der Waals surface area contributed by atoms with Gasteiger partial charge in [-0.05, 0) is 81.4 Å². The van der Waals surface area contributed by atoms with Crippen LogP contribution in [0.5, 0.6) is 0 Å². The average molecular weight is 864 g/mol. The molecular formula is C40H49F4N7O8S. The van der Waals surface area contributed by atoms with E-state index >= 15 is 8.78 Å². The number of nitriles is 1. The number of amides is 4. The van der Waals surface area contributed by atoms with Crippen molar-refractivity contribution in [1.82, 2.24) is 20.3 Å². The number of benzene rings is 1. The molecule has 3 heterocycles. The van der Waals surface area contributed by atoms with Gasteiger partial charge in [0.1, 0.15) is 36.0 Å². The zero-order valence-corrected chi connectivity index (χ0v) is 34.6. The van der Waals surface area contributed by atoms with Crippen molar-refractivity contribution in [2.75, 3.05) is 11.9 Å². The van der Waals surface area contributed by atoms with Crippen molar-refractivity contribution in [1.29, 1.82) is 5.26 Å². The normalized spacial score (nSPS) is 35.1. The van der Waals surface area contributed by atoms with Gasteiger partial charge in [0, 0.05) is 0 Å². The number of anilines is 1. The summed E-state index contributed by atoms with van der Waals surface area (Å²) >= 11 is 0. The van der Waals surface area contributed by atoms with E-state index < -0.39 is 117 Å². The maximum Gasteiger partial charge on any atom is 0.408 e. The molecule has 2 bridgehead atoms. The lowest BCUT2D eigenvalue weighted by molar-refractivity contribution is -0.164. The summed E-state index contributed by atoms with van der Waals surface area (Å²) in [5.41, 5.74) is -2.96. The first kappa shape index (κ1) is 43.2. The molecule has 4 N–H and O–H groups in total. The molecule has 3 saturated carbocycles. The molecule has 60 heavy (non-hydrogen) atoms. The van der Waals surface area contributed by atoms with Crippen LogP contribution in [-0.2, 0) is 33.9 Å². The van der Waals surface area contributed by atoms with Gasteiger partial charge in [0.25, 0.3) is 17.6 Å². The maximum absolute atomic E-state index is 18.5. The molecule has 0 spiro atoms. The van der Waals surface area contributed by atoms with E-state index in [-0.39, 0.29) is 42.3 Å². The predicted molar refractivity (Wildman–Crippen MR) is 208 cm³/mol. The lowest BCUT2D eigenvalue weighted by Crippen LogP contribution is -2.66. The molecule has 3 aliphatic heterocycles. The van der Waals surface area contributed by atoms with Crippen molar-refractivity contribution in [2.24, 2.45) is 28.2 Å². The molecule has 1 saturated heterocycles. The smallest absolute Gasteiger partial charge is 0.408 e. The van der Waals surface area contributed by atoms with Gasteiger partial charge in [0.2, 0.25) is 28.3 Å². The van der Waals surface area contributed by atoms with Crippen molar-refractivity contribution in [3.05, 3.63) is 35.9 Å². The number of carbonyl (C=O) groups is 4. The first-order valence-electron chi connectivity index (χ1n) is 20.1. The number of ether oxygens (including phenoxy) is 2. The Bertz CT molecular complexity index is 2170. The summed E-state index contributed by atoms with van der Waals surface area (Å²) in [7, 11) is -4.40. The Labute approximate surface area is 345 Å². The number of rotatable bonds is 7. The van der Waals surface area contributed by atoms with Crippen LogP contribution in [0.2, 0.25) is 0 Å². The second kappa shape index (κ2) is 15.2. The van der Waals surface area contributed by atoms with Gasteiger partial charge in [-0.3, -0.25) is 24.0 Å². The number of halogens is 4. The van der Waals surface area contributed by atoms with Crippen molar-refractivity contribution in [3.63, 3.8) is 0 Å². The van der Waals surface area contributed by atoms with Gasteiger partial charge in [-0.15, -0.1) is 0 Å². The van der Waals surface area contributed by atoms with Gasteiger partial charge in [0.05, 0.1) is 46.1 Å². The van der Waals surface area contributed by atoms with E-state index in [1.165, 1.54) is 32.1 Å². The molecule has 7 rings (SSSR count). The molecule has 3 aliphatic carbocycles. The minimum Gasteiger partial charge on any atom is -0.473 e. The van der Waals surface area contributed by atoms with Crippen molar-refractivity contribution >= 4 is 51.1 Å². The van der Waals surface area contributed by atoms with E-state index in [9.17, 15) is 41.6 Å². The highest BCUT2D eigenvalue weighted by atomic mass is 32.2. The molecule has 6 aliphatic rings. The fourth-order valence-electron chi connectivity index (χ4n) is 8.32. The quantitative estimate of drug-likeness (QED) is 0.169. The van der Waals surface area contributed by atoms with Crippen LogP contribution in [0.15, 0.2) is 35.3 Å². The van der Waals surface area contributed by atoms with E-state index in [2.05, 4.69) is 20.9 Å². The minimum absolute atomic E-state index is 0.0476. The molecule has 0 radical (unpaired) electrons. The summed E-state index contributed by atoms with van der Waals surface area (Å²) < 4.78 is 102. The first-order chi connectivity index (χ1) is 28.1. The summed E-state index contributed by atoms with van der Waals surface area (Å²) in [5, 5.41) is 17.2. The van der Waals surface area contributed by atoms with Crippen LogP contribution in [0.25, 0.3) is 0 Å². The number of allylic oxidation sites excluding steroid dienone is 1. The van der Waals surface area contributed by atoms with Crippen molar-refractivity contribution in [2.45, 2.75) is 133 Å². The lowest BCUT2D eigenvalue weighted by atomic mass is 9.85. The van der Waals surface area contributed by atoms with Gasteiger partial charge in [-0.25, -0.2) is 35.8 Å². The Morgan fingerprint density at radius 3 is 2.47 bits per heavy atom. The lowest BCUT2D eigenvalue weighted by Gasteiger charge is -2.39. The molecule has 15 nitrogen and oxygen atoms in total. The Morgan fingerprint density at radius 1 is 1.13 bits per heavy atom. The second-order valence-electron chi connectivity index (χ2n) is 18.0. The van der Waals surface area contributed by atoms with E-state index in [1.807, 2.05) is 10.8 Å². The van der Waals surface area contributed by atoms with Crippen LogP contribution in [-0.4, -0.2) is 103 Å². The predicted octanol–water partition coefficient (Wildman–Crippen LogP) is 4.66. The number of alkyl halides is 4. The van der Waals surface area contributed by atoms with E-state index in [0.29, 0.717) is 29.8 Å². The maximum atomic E-state index is 18.5.